The van der Waals surface area contributed by atoms with Crippen LogP contribution in [-0.4, -0.2) is 42.2 Å². The van der Waals surface area contributed by atoms with Crippen LogP contribution in [0.5, 0.6) is 5.75 Å². The van der Waals surface area contributed by atoms with E-state index >= 15 is 0 Å². The fraction of sp³-hybridized carbons (Fsp3) is 0.562. The molecule has 0 saturated carbocycles. The van der Waals surface area contributed by atoms with Crippen molar-refractivity contribution in [1.29, 1.82) is 0 Å². The number of nitrogens with zero attached hydrogens (tertiary/aromatic N) is 2. The highest BCUT2D eigenvalue weighted by molar-refractivity contribution is 5.97. The summed E-state index contributed by atoms with van der Waals surface area (Å²) in [5.74, 6) is 1.03. The van der Waals surface area contributed by atoms with Crippen molar-refractivity contribution >= 4 is 5.84 Å². The third-order valence-electron chi connectivity index (χ3n) is 3.93. The lowest BCUT2D eigenvalue weighted by atomic mass is 10.1. The van der Waals surface area contributed by atoms with Crippen molar-refractivity contribution in [2.45, 2.75) is 33.1 Å². The molecule has 0 spiro atoms. The Hall–Kier alpha value is -1.75. The lowest BCUT2D eigenvalue weighted by Gasteiger charge is -2.16. The van der Waals surface area contributed by atoms with Gasteiger partial charge in [0.1, 0.15) is 5.75 Å². The van der Waals surface area contributed by atoms with Crippen LogP contribution < -0.4 is 10.5 Å². The Bertz CT molecular complexity index is 485. The van der Waals surface area contributed by atoms with Gasteiger partial charge in [0, 0.05) is 12.1 Å². The van der Waals surface area contributed by atoms with E-state index in [0.717, 1.165) is 42.0 Å². The van der Waals surface area contributed by atoms with Crippen molar-refractivity contribution in [1.82, 2.24) is 4.90 Å². The van der Waals surface area contributed by atoms with Gasteiger partial charge in [-0.05, 0) is 69.5 Å². The average Bonchev–Trinajstić information content (AvgIpc) is 2.97. The molecule has 1 aliphatic heterocycles. The SMILES string of the molecule is Cc1cc(C(N)=NO)cc(C)c1OCCCN1CCCC1. The monoisotopic (exact) mass is 291 g/mol. The van der Waals surface area contributed by atoms with E-state index in [2.05, 4.69) is 10.1 Å². The molecule has 0 aromatic heterocycles. The molecule has 0 bridgehead atoms. The number of nitrogens with two attached hydrogens (primary N) is 1. The van der Waals surface area contributed by atoms with Gasteiger partial charge in [-0.3, -0.25) is 0 Å². The molecular formula is C16H25N3O2. The van der Waals surface area contributed by atoms with Crippen molar-refractivity contribution in [3.63, 3.8) is 0 Å². The summed E-state index contributed by atoms with van der Waals surface area (Å²) in [4.78, 5) is 2.49. The average molecular weight is 291 g/mol. The number of benzene rings is 1. The van der Waals surface area contributed by atoms with Crippen LogP contribution in [0.25, 0.3) is 0 Å². The molecule has 3 N–H and O–H groups in total. The van der Waals surface area contributed by atoms with Gasteiger partial charge in [-0.1, -0.05) is 5.16 Å². The maximum Gasteiger partial charge on any atom is 0.170 e. The Morgan fingerprint density at radius 3 is 2.48 bits per heavy atom. The van der Waals surface area contributed by atoms with Crippen LogP contribution in [0, 0.1) is 13.8 Å². The van der Waals surface area contributed by atoms with E-state index in [-0.39, 0.29) is 5.84 Å². The van der Waals surface area contributed by atoms with Gasteiger partial charge in [0.05, 0.1) is 6.61 Å². The van der Waals surface area contributed by atoms with E-state index in [0.29, 0.717) is 0 Å². The molecule has 5 heteroatoms. The minimum Gasteiger partial charge on any atom is -0.493 e. The zero-order chi connectivity index (χ0) is 15.2. The smallest absolute Gasteiger partial charge is 0.170 e. The zero-order valence-electron chi connectivity index (χ0n) is 12.9. The number of rotatable bonds is 6. The van der Waals surface area contributed by atoms with Gasteiger partial charge in [-0.2, -0.15) is 0 Å². The third kappa shape index (κ3) is 4.11. The third-order valence-corrected chi connectivity index (χ3v) is 3.93. The zero-order valence-corrected chi connectivity index (χ0v) is 12.9. The highest BCUT2D eigenvalue weighted by atomic mass is 16.5. The summed E-state index contributed by atoms with van der Waals surface area (Å²) in [5, 5.41) is 11.8. The second-order valence-electron chi connectivity index (χ2n) is 5.68. The number of likely N-dealkylation sites (tertiary alicyclic amines) is 1. The molecular weight excluding hydrogens is 266 g/mol. The second kappa shape index (κ2) is 7.31. The maximum absolute atomic E-state index is 8.74. The van der Waals surface area contributed by atoms with Gasteiger partial charge in [0.15, 0.2) is 5.84 Å². The first-order valence-corrected chi connectivity index (χ1v) is 7.56. The van der Waals surface area contributed by atoms with E-state index in [9.17, 15) is 0 Å². The normalized spacial score (nSPS) is 16.4. The summed E-state index contributed by atoms with van der Waals surface area (Å²) in [6.45, 7) is 8.26. The van der Waals surface area contributed by atoms with E-state index in [1.165, 1.54) is 25.9 Å². The van der Waals surface area contributed by atoms with E-state index in [1.807, 2.05) is 26.0 Å². The first-order valence-electron chi connectivity index (χ1n) is 7.56. The standard InChI is InChI=1S/C16H25N3O2/c1-12-10-14(16(17)18-20)11-13(2)15(12)21-9-5-8-19-6-3-4-7-19/h10-11,20H,3-9H2,1-2H3,(H2,17,18). The molecule has 5 nitrogen and oxygen atoms in total. The number of ether oxygens (including phenoxy) is 1. The van der Waals surface area contributed by atoms with Crippen molar-refractivity contribution in [2.24, 2.45) is 10.9 Å². The van der Waals surface area contributed by atoms with Gasteiger partial charge >= 0.3 is 0 Å². The number of oxime groups is 1. The van der Waals surface area contributed by atoms with Crippen LogP contribution in [0.15, 0.2) is 17.3 Å². The van der Waals surface area contributed by atoms with Gasteiger partial charge in [-0.25, -0.2) is 0 Å². The minimum atomic E-state index is 0.127. The van der Waals surface area contributed by atoms with Crippen molar-refractivity contribution in [2.75, 3.05) is 26.2 Å². The lowest BCUT2D eigenvalue weighted by molar-refractivity contribution is 0.261. The fourth-order valence-electron chi connectivity index (χ4n) is 2.85. The summed E-state index contributed by atoms with van der Waals surface area (Å²) < 4.78 is 5.93. The molecule has 1 aromatic carbocycles. The summed E-state index contributed by atoms with van der Waals surface area (Å²) in [6, 6.07) is 3.77. The first-order chi connectivity index (χ1) is 10.1. The molecule has 116 valence electrons. The minimum absolute atomic E-state index is 0.127. The predicted octanol–water partition coefficient (Wildman–Crippen LogP) is 2.26. The van der Waals surface area contributed by atoms with Crippen molar-refractivity contribution < 1.29 is 9.94 Å². The molecule has 1 aliphatic rings. The maximum atomic E-state index is 8.74. The largest absolute Gasteiger partial charge is 0.493 e. The van der Waals surface area contributed by atoms with Crippen LogP contribution in [0.4, 0.5) is 0 Å². The van der Waals surface area contributed by atoms with Crippen LogP contribution >= 0.6 is 0 Å². The molecule has 0 aliphatic carbocycles. The Kier molecular flexibility index (Phi) is 5.44. The Labute approximate surface area is 126 Å². The highest BCUT2D eigenvalue weighted by Crippen LogP contribution is 2.25. The number of amidine groups is 1. The van der Waals surface area contributed by atoms with Gasteiger partial charge < -0.3 is 20.6 Å². The molecule has 2 rings (SSSR count). The number of aryl methyl sites for hydroxylation is 2. The van der Waals surface area contributed by atoms with E-state index < -0.39 is 0 Å². The molecule has 1 saturated heterocycles. The molecule has 0 unspecified atom stereocenters. The fourth-order valence-corrected chi connectivity index (χ4v) is 2.85. The molecule has 1 heterocycles. The van der Waals surface area contributed by atoms with Gasteiger partial charge in [0.2, 0.25) is 0 Å². The molecule has 1 aromatic rings. The van der Waals surface area contributed by atoms with Gasteiger partial charge in [0.25, 0.3) is 0 Å². The van der Waals surface area contributed by atoms with Crippen LogP contribution in [-0.2, 0) is 0 Å². The number of hydrogen-bond donors (Lipinski definition) is 2. The second-order valence-corrected chi connectivity index (χ2v) is 5.68. The Balaban J connectivity index is 1.90. The van der Waals surface area contributed by atoms with E-state index in [4.69, 9.17) is 15.7 Å². The van der Waals surface area contributed by atoms with E-state index in [1.54, 1.807) is 0 Å². The highest BCUT2D eigenvalue weighted by Gasteiger charge is 2.12. The van der Waals surface area contributed by atoms with Crippen molar-refractivity contribution in [3.05, 3.63) is 28.8 Å². The molecule has 21 heavy (non-hydrogen) atoms. The van der Waals surface area contributed by atoms with Gasteiger partial charge in [-0.15, -0.1) is 0 Å². The molecule has 1 fully saturated rings. The van der Waals surface area contributed by atoms with Crippen LogP contribution in [0.2, 0.25) is 0 Å². The Morgan fingerprint density at radius 1 is 1.29 bits per heavy atom. The molecule has 0 radical (unpaired) electrons. The summed E-state index contributed by atoms with van der Waals surface area (Å²) in [6.07, 6.45) is 3.70. The van der Waals surface area contributed by atoms with Crippen molar-refractivity contribution in [3.8, 4) is 5.75 Å². The molecule has 0 atom stereocenters. The number of hydrogen-bond acceptors (Lipinski definition) is 4. The summed E-state index contributed by atoms with van der Waals surface area (Å²) >= 11 is 0. The summed E-state index contributed by atoms with van der Waals surface area (Å²) in [5.41, 5.74) is 8.37. The lowest BCUT2D eigenvalue weighted by Crippen LogP contribution is -2.22. The van der Waals surface area contributed by atoms with Crippen LogP contribution in [0.3, 0.4) is 0 Å². The predicted molar refractivity (Wildman–Crippen MR) is 84.2 cm³/mol. The first kappa shape index (κ1) is 15.6. The quantitative estimate of drug-likeness (QED) is 0.277. The topological polar surface area (TPSA) is 71.1 Å². The van der Waals surface area contributed by atoms with Crippen LogP contribution in [0.1, 0.15) is 36.0 Å². The Morgan fingerprint density at radius 2 is 1.90 bits per heavy atom. The summed E-state index contributed by atoms with van der Waals surface area (Å²) in [7, 11) is 0. The molecule has 0 amide bonds.